The van der Waals surface area contributed by atoms with Gasteiger partial charge in [0, 0.05) is 24.4 Å². The van der Waals surface area contributed by atoms with Gasteiger partial charge in [0.05, 0.1) is 17.7 Å². The number of hydrogen-bond donors (Lipinski definition) is 3. The number of amides is 2. The molecule has 0 aliphatic carbocycles. The monoisotopic (exact) mass is 439 g/mol. The molecule has 0 fully saturated rings. The van der Waals surface area contributed by atoms with Gasteiger partial charge in [-0.2, -0.15) is 0 Å². The topological polar surface area (TPSA) is 118 Å². The second kappa shape index (κ2) is 9.88. The standard InChI is InChI=1S/C22H21N3O5S/c1-23-22(27)17-7-9-18(10-8-17)25-21(26)13-6-16-4-11-20(12-5-16)31(28,29)24-15-19-3-2-14-30-19/h2-14,24H,15H2,1H3,(H,23,27)(H,25,26)/b13-6-. The van der Waals surface area contributed by atoms with E-state index < -0.39 is 10.0 Å². The van der Waals surface area contributed by atoms with Crippen LogP contribution in [0.1, 0.15) is 21.7 Å². The Morgan fingerprint density at radius 2 is 1.71 bits per heavy atom. The van der Waals surface area contributed by atoms with Gasteiger partial charge in [0.15, 0.2) is 0 Å². The predicted molar refractivity (Wildman–Crippen MR) is 117 cm³/mol. The van der Waals surface area contributed by atoms with Crippen LogP contribution in [0.4, 0.5) is 5.69 Å². The van der Waals surface area contributed by atoms with E-state index in [-0.39, 0.29) is 23.3 Å². The molecule has 1 heterocycles. The molecule has 3 N–H and O–H groups in total. The van der Waals surface area contributed by atoms with Crippen molar-refractivity contribution in [2.75, 3.05) is 12.4 Å². The van der Waals surface area contributed by atoms with Crippen molar-refractivity contribution in [3.63, 3.8) is 0 Å². The Hall–Kier alpha value is -3.69. The van der Waals surface area contributed by atoms with Gasteiger partial charge in [0.2, 0.25) is 15.9 Å². The summed E-state index contributed by atoms with van der Waals surface area (Å²) in [6.45, 7) is 0.0568. The fourth-order valence-corrected chi connectivity index (χ4v) is 3.62. The smallest absolute Gasteiger partial charge is 0.251 e. The molecule has 0 unspecified atom stereocenters. The molecule has 9 heteroatoms. The van der Waals surface area contributed by atoms with E-state index >= 15 is 0 Å². The van der Waals surface area contributed by atoms with E-state index in [0.717, 1.165) is 0 Å². The van der Waals surface area contributed by atoms with Gasteiger partial charge in [-0.3, -0.25) is 9.59 Å². The molecule has 1 aromatic heterocycles. The van der Waals surface area contributed by atoms with Gasteiger partial charge in [-0.05, 0) is 60.2 Å². The minimum Gasteiger partial charge on any atom is -0.468 e. The lowest BCUT2D eigenvalue weighted by atomic mass is 10.2. The van der Waals surface area contributed by atoms with Crippen LogP contribution >= 0.6 is 0 Å². The van der Waals surface area contributed by atoms with Gasteiger partial charge < -0.3 is 15.1 Å². The highest BCUT2D eigenvalue weighted by Crippen LogP contribution is 2.13. The minimum atomic E-state index is -3.68. The van der Waals surface area contributed by atoms with E-state index in [0.29, 0.717) is 22.6 Å². The van der Waals surface area contributed by atoms with Crippen molar-refractivity contribution in [3.8, 4) is 0 Å². The third-order valence-electron chi connectivity index (χ3n) is 4.28. The first-order chi connectivity index (χ1) is 14.9. The van der Waals surface area contributed by atoms with Crippen LogP contribution in [0, 0.1) is 0 Å². The van der Waals surface area contributed by atoms with Crippen LogP contribution in [0.3, 0.4) is 0 Å². The van der Waals surface area contributed by atoms with Crippen LogP contribution < -0.4 is 15.4 Å². The lowest BCUT2D eigenvalue weighted by Gasteiger charge is -2.06. The van der Waals surface area contributed by atoms with Crippen molar-refractivity contribution < 1.29 is 22.4 Å². The summed E-state index contributed by atoms with van der Waals surface area (Å²) in [5.41, 5.74) is 1.70. The van der Waals surface area contributed by atoms with E-state index in [1.807, 2.05) is 0 Å². The number of nitrogens with one attached hydrogen (secondary N) is 3. The molecular weight excluding hydrogens is 418 g/mol. The van der Waals surface area contributed by atoms with Crippen LogP contribution in [0.2, 0.25) is 0 Å². The first-order valence-corrected chi connectivity index (χ1v) is 10.8. The maximum Gasteiger partial charge on any atom is 0.251 e. The first kappa shape index (κ1) is 22.0. The molecule has 0 bridgehead atoms. The third kappa shape index (κ3) is 6.14. The fourth-order valence-electron chi connectivity index (χ4n) is 2.63. The molecule has 160 valence electrons. The normalized spacial score (nSPS) is 11.4. The molecule has 2 aromatic carbocycles. The number of anilines is 1. The van der Waals surface area contributed by atoms with Gasteiger partial charge >= 0.3 is 0 Å². The summed E-state index contributed by atoms with van der Waals surface area (Å²) in [5, 5.41) is 5.21. The highest BCUT2D eigenvalue weighted by atomic mass is 32.2. The van der Waals surface area contributed by atoms with Crippen LogP contribution in [-0.4, -0.2) is 27.3 Å². The van der Waals surface area contributed by atoms with E-state index in [9.17, 15) is 18.0 Å². The average molecular weight is 439 g/mol. The number of sulfonamides is 1. The van der Waals surface area contributed by atoms with E-state index in [2.05, 4.69) is 15.4 Å². The second-order valence-corrected chi connectivity index (χ2v) is 8.22. The molecular formula is C22H21N3O5S. The summed E-state index contributed by atoms with van der Waals surface area (Å²) in [5.74, 6) is -0.0543. The molecule has 0 aliphatic rings. The Bertz CT molecular complexity index is 1170. The quantitative estimate of drug-likeness (QED) is 0.467. The zero-order valence-electron chi connectivity index (χ0n) is 16.7. The van der Waals surface area contributed by atoms with E-state index in [1.54, 1.807) is 61.7 Å². The Morgan fingerprint density at radius 1 is 1.00 bits per heavy atom. The number of carbonyl (C=O) groups is 2. The van der Waals surface area contributed by atoms with Gasteiger partial charge in [-0.1, -0.05) is 12.1 Å². The summed E-state index contributed by atoms with van der Waals surface area (Å²) < 4.78 is 32.2. The Balaban J connectivity index is 1.57. The Kier molecular flexibility index (Phi) is 7.01. The molecule has 3 aromatic rings. The molecule has 8 nitrogen and oxygen atoms in total. The lowest BCUT2D eigenvalue weighted by molar-refractivity contribution is -0.111. The van der Waals surface area contributed by atoms with Crippen LogP contribution in [0.15, 0.2) is 82.3 Å². The number of hydrogen-bond acceptors (Lipinski definition) is 5. The summed E-state index contributed by atoms with van der Waals surface area (Å²) in [6.07, 6.45) is 4.38. The van der Waals surface area contributed by atoms with Crippen molar-refractivity contribution in [1.82, 2.24) is 10.0 Å². The van der Waals surface area contributed by atoms with Gasteiger partial charge in [-0.15, -0.1) is 0 Å². The zero-order chi connectivity index (χ0) is 22.3. The third-order valence-corrected chi connectivity index (χ3v) is 5.69. The number of benzene rings is 2. The molecule has 0 saturated carbocycles. The van der Waals surface area contributed by atoms with E-state index in [4.69, 9.17) is 4.42 Å². The van der Waals surface area contributed by atoms with E-state index in [1.165, 1.54) is 24.5 Å². The molecule has 0 saturated heterocycles. The number of carbonyl (C=O) groups excluding carboxylic acids is 2. The molecule has 2 amide bonds. The largest absolute Gasteiger partial charge is 0.468 e. The zero-order valence-corrected chi connectivity index (χ0v) is 17.5. The Morgan fingerprint density at radius 3 is 2.32 bits per heavy atom. The number of furan rings is 1. The van der Waals surface area contributed by atoms with Crippen molar-refractivity contribution in [1.29, 1.82) is 0 Å². The average Bonchev–Trinajstić information content (AvgIpc) is 3.30. The maximum absolute atomic E-state index is 12.3. The first-order valence-electron chi connectivity index (χ1n) is 9.31. The van der Waals surface area contributed by atoms with Gasteiger partial charge in [-0.25, -0.2) is 13.1 Å². The van der Waals surface area contributed by atoms with Gasteiger partial charge in [0.1, 0.15) is 5.76 Å². The second-order valence-electron chi connectivity index (χ2n) is 6.45. The van der Waals surface area contributed by atoms with Crippen LogP contribution in [0.5, 0.6) is 0 Å². The molecule has 3 rings (SSSR count). The highest BCUT2D eigenvalue weighted by Gasteiger charge is 2.14. The summed E-state index contributed by atoms with van der Waals surface area (Å²) in [4.78, 5) is 23.7. The molecule has 0 atom stereocenters. The van der Waals surface area contributed by atoms with Crippen LogP contribution in [-0.2, 0) is 21.4 Å². The number of rotatable bonds is 8. The maximum atomic E-state index is 12.3. The summed E-state index contributed by atoms with van der Waals surface area (Å²) in [7, 11) is -2.13. The Labute approximate surface area is 180 Å². The van der Waals surface area contributed by atoms with Crippen molar-refractivity contribution in [2.45, 2.75) is 11.4 Å². The van der Waals surface area contributed by atoms with Crippen molar-refractivity contribution >= 4 is 33.6 Å². The highest BCUT2D eigenvalue weighted by molar-refractivity contribution is 7.89. The molecule has 0 spiro atoms. The molecule has 31 heavy (non-hydrogen) atoms. The fraction of sp³-hybridized carbons (Fsp3) is 0.0909. The van der Waals surface area contributed by atoms with Crippen LogP contribution in [0.25, 0.3) is 6.08 Å². The summed E-state index contributed by atoms with van der Waals surface area (Å²) >= 11 is 0. The van der Waals surface area contributed by atoms with Crippen molar-refractivity contribution in [2.24, 2.45) is 0 Å². The molecule has 0 radical (unpaired) electrons. The lowest BCUT2D eigenvalue weighted by Crippen LogP contribution is -2.22. The minimum absolute atomic E-state index is 0.0568. The SMILES string of the molecule is CNC(=O)c1ccc(NC(=O)/C=C\c2ccc(S(=O)(=O)NCc3ccco3)cc2)cc1. The predicted octanol–water partition coefficient (Wildman–Crippen LogP) is 2.77. The summed E-state index contributed by atoms with van der Waals surface area (Å²) in [6, 6.07) is 16.0. The van der Waals surface area contributed by atoms with Gasteiger partial charge in [0.25, 0.3) is 5.91 Å². The molecule has 0 aliphatic heterocycles. The van der Waals surface area contributed by atoms with Crippen molar-refractivity contribution in [3.05, 3.63) is 89.9 Å².